The predicted octanol–water partition coefficient (Wildman–Crippen LogP) is 4.17. The summed E-state index contributed by atoms with van der Waals surface area (Å²) in [5, 5.41) is 12.7. The van der Waals surface area contributed by atoms with Crippen LogP contribution >= 0.6 is 0 Å². The number of ether oxygens (including phenoxy) is 1. The highest BCUT2D eigenvalue weighted by molar-refractivity contribution is 5.94. The van der Waals surface area contributed by atoms with E-state index < -0.39 is 29.6 Å². The van der Waals surface area contributed by atoms with Gasteiger partial charge in [-0.3, -0.25) is 4.79 Å². The molecule has 0 aliphatic rings. The van der Waals surface area contributed by atoms with Crippen LogP contribution in [0.4, 0.5) is 0 Å². The molecular formula is C26H21NO6. The third kappa shape index (κ3) is 4.93. The van der Waals surface area contributed by atoms with Gasteiger partial charge in [-0.1, -0.05) is 60.7 Å². The quantitative estimate of drug-likeness (QED) is 0.415. The standard InChI is InChI=1S/C26H21NO6/c1-16(25(29)27-24(26(30)31)18-10-6-3-7-11-18)32-19-12-13-20-21(17-8-4-2-5-9-17)15-23(28)33-22(20)14-19/h2-16,24H,1H3,(H,27,29)(H,30,31)/t16-,24-/m1/s1. The fourth-order valence-corrected chi connectivity index (χ4v) is 3.52. The molecule has 0 aliphatic heterocycles. The predicted molar refractivity (Wildman–Crippen MR) is 123 cm³/mol. The maximum Gasteiger partial charge on any atom is 0.336 e. The van der Waals surface area contributed by atoms with Gasteiger partial charge in [0, 0.05) is 17.5 Å². The summed E-state index contributed by atoms with van der Waals surface area (Å²) in [5.41, 5.74) is 1.87. The van der Waals surface area contributed by atoms with Crippen LogP contribution in [-0.4, -0.2) is 23.1 Å². The van der Waals surface area contributed by atoms with Gasteiger partial charge in [0.05, 0.1) is 0 Å². The van der Waals surface area contributed by atoms with E-state index in [0.29, 0.717) is 16.9 Å². The molecule has 0 unspecified atom stereocenters. The number of carbonyl (C=O) groups excluding carboxylic acids is 1. The number of fused-ring (bicyclic) bond motifs is 1. The Balaban J connectivity index is 1.55. The molecule has 0 saturated heterocycles. The van der Waals surface area contributed by atoms with Crippen LogP contribution in [0.15, 0.2) is 94.1 Å². The first-order chi connectivity index (χ1) is 15.9. The summed E-state index contributed by atoms with van der Waals surface area (Å²) < 4.78 is 11.1. The van der Waals surface area contributed by atoms with E-state index in [4.69, 9.17) is 9.15 Å². The van der Waals surface area contributed by atoms with E-state index in [2.05, 4.69) is 5.32 Å². The molecular weight excluding hydrogens is 422 g/mol. The highest BCUT2D eigenvalue weighted by Gasteiger charge is 2.25. The second-order valence-corrected chi connectivity index (χ2v) is 7.45. The van der Waals surface area contributed by atoms with E-state index in [-0.39, 0.29) is 0 Å². The number of benzene rings is 3. The zero-order valence-corrected chi connectivity index (χ0v) is 17.7. The molecule has 1 aromatic heterocycles. The van der Waals surface area contributed by atoms with Gasteiger partial charge in [-0.05, 0) is 35.7 Å². The highest BCUT2D eigenvalue weighted by Crippen LogP contribution is 2.30. The van der Waals surface area contributed by atoms with Gasteiger partial charge < -0.3 is 19.6 Å². The second kappa shape index (κ2) is 9.40. The molecule has 4 rings (SSSR count). The van der Waals surface area contributed by atoms with Crippen LogP contribution in [0, 0.1) is 0 Å². The first-order valence-electron chi connectivity index (χ1n) is 10.3. The molecule has 0 bridgehead atoms. The Bertz CT molecular complexity index is 1350. The van der Waals surface area contributed by atoms with Crippen LogP contribution in [0.25, 0.3) is 22.1 Å². The molecule has 1 amide bonds. The Labute approximate surface area is 189 Å². The molecule has 0 spiro atoms. The lowest BCUT2D eigenvalue weighted by Gasteiger charge is -2.19. The maximum atomic E-state index is 12.6. The number of hydrogen-bond donors (Lipinski definition) is 2. The lowest BCUT2D eigenvalue weighted by atomic mass is 10.0. The zero-order chi connectivity index (χ0) is 23.4. The molecule has 166 valence electrons. The van der Waals surface area contributed by atoms with Crippen molar-refractivity contribution >= 4 is 22.8 Å². The normalized spacial score (nSPS) is 12.6. The molecule has 1 heterocycles. The van der Waals surface area contributed by atoms with Crippen molar-refractivity contribution in [2.24, 2.45) is 0 Å². The maximum absolute atomic E-state index is 12.6. The Morgan fingerprint density at radius 1 is 0.939 bits per heavy atom. The molecule has 0 fully saturated rings. The lowest BCUT2D eigenvalue weighted by molar-refractivity contribution is -0.143. The molecule has 2 N–H and O–H groups in total. The number of carboxylic acids is 1. The minimum Gasteiger partial charge on any atom is -0.481 e. The Morgan fingerprint density at radius 2 is 1.61 bits per heavy atom. The SMILES string of the molecule is C[C@@H](Oc1ccc2c(-c3ccccc3)cc(=O)oc2c1)C(=O)N[C@@H](C(=O)O)c1ccccc1. The number of hydrogen-bond acceptors (Lipinski definition) is 5. The number of amides is 1. The van der Waals surface area contributed by atoms with E-state index in [1.165, 1.54) is 13.0 Å². The minimum atomic E-state index is -1.20. The van der Waals surface area contributed by atoms with Crippen molar-refractivity contribution < 1.29 is 23.8 Å². The Hall–Kier alpha value is -4.39. The average Bonchev–Trinajstić information content (AvgIpc) is 2.82. The van der Waals surface area contributed by atoms with Crippen molar-refractivity contribution in [1.29, 1.82) is 0 Å². The van der Waals surface area contributed by atoms with Crippen molar-refractivity contribution in [2.75, 3.05) is 0 Å². The van der Waals surface area contributed by atoms with Crippen LogP contribution in [0.3, 0.4) is 0 Å². The number of carbonyl (C=O) groups is 2. The van der Waals surface area contributed by atoms with Gasteiger partial charge >= 0.3 is 11.6 Å². The summed E-state index contributed by atoms with van der Waals surface area (Å²) in [7, 11) is 0. The third-order valence-corrected chi connectivity index (χ3v) is 5.15. The molecule has 2 atom stereocenters. The summed E-state index contributed by atoms with van der Waals surface area (Å²) >= 11 is 0. The highest BCUT2D eigenvalue weighted by atomic mass is 16.5. The van der Waals surface area contributed by atoms with Gasteiger partial charge in [0.25, 0.3) is 5.91 Å². The first kappa shape index (κ1) is 21.8. The second-order valence-electron chi connectivity index (χ2n) is 7.45. The Kier molecular flexibility index (Phi) is 6.22. The monoisotopic (exact) mass is 443 g/mol. The van der Waals surface area contributed by atoms with Crippen LogP contribution < -0.4 is 15.7 Å². The summed E-state index contributed by atoms with van der Waals surface area (Å²) in [5.74, 6) is -1.46. The number of aliphatic carboxylic acids is 1. The number of rotatable bonds is 7. The summed E-state index contributed by atoms with van der Waals surface area (Å²) in [6.45, 7) is 1.51. The topological polar surface area (TPSA) is 106 Å². The largest absolute Gasteiger partial charge is 0.481 e. The van der Waals surface area contributed by atoms with Gasteiger partial charge in [-0.25, -0.2) is 9.59 Å². The van der Waals surface area contributed by atoms with Crippen LogP contribution in [0.1, 0.15) is 18.5 Å². The smallest absolute Gasteiger partial charge is 0.336 e. The van der Waals surface area contributed by atoms with Crippen molar-refractivity contribution in [3.63, 3.8) is 0 Å². The van der Waals surface area contributed by atoms with Crippen LogP contribution in [-0.2, 0) is 9.59 Å². The summed E-state index contributed by atoms with van der Waals surface area (Å²) in [4.78, 5) is 36.4. The Morgan fingerprint density at radius 3 is 2.27 bits per heavy atom. The van der Waals surface area contributed by atoms with E-state index in [0.717, 1.165) is 16.5 Å². The molecule has 4 aromatic rings. The third-order valence-electron chi connectivity index (χ3n) is 5.15. The molecule has 7 heteroatoms. The van der Waals surface area contributed by atoms with Gasteiger partial charge in [0.15, 0.2) is 12.1 Å². The van der Waals surface area contributed by atoms with E-state index in [9.17, 15) is 19.5 Å². The van der Waals surface area contributed by atoms with Gasteiger partial charge in [0.2, 0.25) is 0 Å². The van der Waals surface area contributed by atoms with Gasteiger partial charge in [0.1, 0.15) is 11.3 Å². The molecule has 7 nitrogen and oxygen atoms in total. The average molecular weight is 443 g/mol. The first-order valence-corrected chi connectivity index (χ1v) is 10.3. The van der Waals surface area contributed by atoms with Crippen molar-refractivity contribution in [1.82, 2.24) is 5.32 Å². The van der Waals surface area contributed by atoms with Gasteiger partial charge in [-0.15, -0.1) is 0 Å². The summed E-state index contributed by atoms with van der Waals surface area (Å²) in [6, 6.07) is 23.1. The van der Waals surface area contributed by atoms with Crippen molar-refractivity contribution in [2.45, 2.75) is 19.1 Å². The number of nitrogens with one attached hydrogen (secondary N) is 1. The fourth-order valence-electron chi connectivity index (χ4n) is 3.52. The van der Waals surface area contributed by atoms with Crippen molar-refractivity contribution in [3.8, 4) is 16.9 Å². The van der Waals surface area contributed by atoms with Crippen LogP contribution in [0.5, 0.6) is 5.75 Å². The molecule has 0 aliphatic carbocycles. The minimum absolute atomic E-state index is 0.310. The molecule has 0 radical (unpaired) electrons. The molecule has 3 aromatic carbocycles. The van der Waals surface area contributed by atoms with E-state index in [1.54, 1.807) is 48.5 Å². The molecule has 0 saturated carbocycles. The van der Waals surface area contributed by atoms with E-state index >= 15 is 0 Å². The fraction of sp³-hybridized carbons (Fsp3) is 0.115. The van der Waals surface area contributed by atoms with Crippen LogP contribution in [0.2, 0.25) is 0 Å². The zero-order valence-electron chi connectivity index (χ0n) is 17.7. The molecule has 33 heavy (non-hydrogen) atoms. The lowest BCUT2D eigenvalue weighted by Crippen LogP contribution is -2.41. The van der Waals surface area contributed by atoms with E-state index in [1.807, 2.05) is 30.3 Å². The van der Waals surface area contributed by atoms with Gasteiger partial charge in [-0.2, -0.15) is 0 Å². The summed E-state index contributed by atoms with van der Waals surface area (Å²) in [6.07, 6.45) is -0.989. The number of carboxylic acid groups (broad SMARTS) is 1. The van der Waals surface area contributed by atoms with Crippen molar-refractivity contribution in [3.05, 3.63) is 101 Å².